The smallest absolute Gasteiger partial charge is 0.412 e. The van der Waals surface area contributed by atoms with Gasteiger partial charge in [-0.05, 0) is 0 Å². The third kappa shape index (κ3) is 24.1. The van der Waals surface area contributed by atoms with E-state index in [0.717, 1.165) is 0 Å². The quantitative estimate of drug-likeness (QED) is 0.0752. The van der Waals surface area contributed by atoms with Crippen LogP contribution in [0.2, 0.25) is 0 Å². The van der Waals surface area contributed by atoms with Crippen LogP contribution in [0.5, 0.6) is 0 Å². The second-order valence-electron chi connectivity index (χ2n) is 11.6. The molecule has 210 valence electrons. The van der Waals surface area contributed by atoms with Crippen LogP contribution in [-0.4, -0.2) is 30.1 Å². The molecular weight excluding hydrogens is 431 g/mol. The molecule has 0 aliphatic heterocycles. The molecule has 0 aliphatic rings. The van der Waals surface area contributed by atoms with Crippen molar-refractivity contribution in [3.63, 3.8) is 0 Å². The molecule has 2 heteroatoms. The van der Waals surface area contributed by atoms with E-state index in [9.17, 15) is 0 Å². The second-order valence-corrected chi connectivity index (χ2v) is 16.6. The summed E-state index contributed by atoms with van der Waals surface area (Å²) in [5.41, 5.74) is 0. The van der Waals surface area contributed by atoms with Crippen LogP contribution in [0, 0.1) is 0 Å². The average Bonchev–Trinajstić information content (AvgIpc) is 2.83. The number of unbranched alkanes of at least 4 members (excludes halogenated alkanes) is 20. The van der Waals surface area contributed by atoms with E-state index in [2.05, 4.69) is 27.7 Å². The maximum atomic E-state index is 2.35. The molecule has 0 saturated heterocycles. The molecule has 0 aromatic rings. The molecule has 0 rings (SSSR count). The van der Waals surface area contributed by atoms with Crippen molar-refractivity contribution in [1.29, 1.82) is 0 Å². The van der Waals surface area contributed by atoms with Gasteiger partial charge in [-0.3, -0.25) is 0 Å². The van der Waals surface area contributed by atoms with Gasteiger partial charge >= 0.3 is 214 Å². The maximum Gasteiger partial charge on any atom is -0.412 e. The first-order valence-corrected chi connectivity index (χ1v) is 19.1. The van der Waals surface area contributed by atoms with E-state index in [-0.39, 0.29) is 5.48 Å². The Kier molecular flexibility index (Phi) is 31.8. The minimum absolute atomic E-state index is 0. The van der Waals surface area contributed by atoms with Crippen LogP contribution in [0.1, 0.15) is 182 Å². The Morgan fingerprint density at radius 1 is 0.265 bits per heavy atom. The topological polar surface area (TPSA) is 31.5 Å². The van der Waals surface area contributed by atoms with Gasteiger partial charge in [0, 0.05) is 0 Å². The Morgan fingerprint density at radius 3 is 0.647 bits per heavy atom. The van der Waals surface area contributed by atoms with E-state index in [4.69, 9.17) is 0 Å². The Hall–Kier alpha value is 0.390. The minimum Gasteiger partial charge on any atom is -0.412 e. The van der Waals surface area contributed by atoms with E-state index in [1.54, 1.807) is 50.3 Å². The fourth-order valence-corrected chi connectivity index (χ4v) is 11.4. The molecule has 0 fully saturated rings. The van der Waals surface area contributed by atoms with E-state index >= 15 is 0 Å². The standard InChI is InChI=1S/C32H69P.H2O/c1-5-9-13-17-21-25-29-33(30-26-22-18-14-10-6-2,31-27-23-19-15-11-7-3)32-28-24-20-16-12-8-4;/h33H,5-32H2,1-4H3;1H2. The molecule has 0 radical (unpaired) electrons. The van der Waals surface area contributed by atoms with Crippen LogP contribution in [0.4, 0.5) is 0 Å². The van der Waals surface area contributed by atoms with E-state index in [0.29, 0.717) is 0 Å². The van der Waals surface area contributed by atoms with Crippen molar-refractivity contribution in [2.75, 3.05) is 24.6 Å². The molecule has 2 N–H and O–H groups in total. The molecule has 0 saturated carbocycles. The third-order valence-electron chi connectivity index (χ3n) is 8.24. The van der Waals surface area contributed by atoms with Crippen molar-refractivity contribution in [1.82, 2.24) is 0 Å². The summed E-state index contributed by atoms with van der Waals surface area (Å²) in [5, 5.41) is 0. The molecule has 0 atom stereocenters. The molecule has 0 heterocycles. The molecule has 1 nitrogen and oxygen atoms in total. The summed E-state index contributed by atoms with van der Waals surface area (Å²) in [6.45, 7) is 9.39. The molecule has 0 unspecified atom stereocenters. The zero-order valence-electron chi connectivity index (χ0n) is 24.8. The zero-order chi connectivity index (χ0) is 24.3. The number of rotatable bonds is 28. The largest absolute Gasteiger partial charge is 0.412 e. The minimum atomic E-state index is -1.07. The molecule has 0 aromatic heterocycles. The molecule has 34 heavy (non-hydrogen) atoms. The molecule has 0 amide bonds. The van der Waals surface area contributed by atoms with Gasteiger partial charge in [0.15, 0.2) is 0 Å². The van der Waals surface area contributed by atoms with Gasteiger partial charge < -0.3 is 5.48 Å². The average molecular weight is 503 g/mol. The summed E-state index contributed by atoms with van der Waals surface area (Å²) < 4.78 is 0. The molecular formula is C32H71OP. The van der Waals surface area contributed by atoms with Crippen molar-refractivity contribution in [3.05, 3.63) is 0 Å². The normalized spacial score (nSPS) is 12.1. The van der Waals surface area contributed by atoms with Gasteiger partial charge in [-0.1, -0.05) is 0 Å². The Morgan fingerprint density at radius 2 is 0.441 bits per heavy atom. The first-order valence-electron chi connectivity index (χ1n) is 16.2. The zero-order valence-corrected chi connectivity index (χ0v) is 25.8. The SMILES string of the molecule is CCCCCCCC[PH](CCCCCCCC)(CCCCCCCC)CCCCCCCC.O. The van der Waals surface area contributed by atoms with E-state index in [1.165, 1.54) is 128 Å². The van der Waals surface area contributed by atoms with Gasteiger partial charge in [-0.2, -0.15) is 0 Å². The van der Waals surface area contributed by atoms with Crippen LogP contribution in [0.25, 0.3) is 0 Å². The van der Waals surface area contributed by atoms with Gasteiger partial charge in [0.25, 0.3) is 0 Å². The van der Waals surface area contributed by atoms with Crippen molar-refractivity contribution in [2.24, 2.45) is 0 Å². The fraction of sp³-hybridized carbons (Fsp3) is 1.00. The summed E-state index contributed by atoms with van der Waals surface area (Å²) in [7, 11) is -1.07. The number of hydrogen-bond acceptors (Lipinski definition) is 0. The molecule has 0 aliphatic carbocycles. The van der Waals surface area contributed by atoms with Gasteiger partial charge in [0.1, 0.15) is 0 Å². The maximum absolute atomic E-state index is 2.35. The van der Waals surface area contributed by atoms with Crippen LogP contribution >= 0.6 is 7.26 Å². The Balaban J connectivity index is 0. The van der Waals surface area contributed by atoms with Crippen molar-refractivity contribution >= 4 is 7.26 Å². The summed E-state index contributed by atoms with van der Waals surface area (Å²) in [5.74, 6) is 0. The first-order chi connectivity index (χ1) is 16.2. The van der Waals surface area contributed by atoms with Crippen LogP contribution in [-0.2, 0) is 0 Å². The summed E-state index contributed by atoms with van der Waals surface area (Å²) in [4.78, 5) is 0. The molecule has 0 aromatic carbocycles. The molecule has 0 spiro atoms. The fourth-order valence-electron chi connectivity index (χ4n) is 5.87. The molecule has 0 bridgehead atoms. The summed E-state index contributed by atoms with van der Waals surface area (Å²) in [6, 6.07) is 0. The van der Waals surface area contributed by atoms with Crippen LogP contribution in [0.15, 0.2) is 0 Å². The monoisotopic (exact) mass is 503 g/mol. The summed E-state index contributed by atoms with van der Waals surface area (Å²) in [6.07, 6.45) is 42.4. The van der Waals surface area contributed by atoms with Gasteiger partial charge in [-0.25, -0.2) is 0 Å². The number of hydrogen-bond donors (Lipinski definition) is 0. The first kappa shape index (κ1) is 36.5. The van der Waals surface area contributed by atoms with Crippen molar-refractivity contribution in [3.8, 4) is 0 Å². The van der Waals surface area contributed by atoms with Crippen molar-refractivity contribution < 1.29 is 5.48 Å². The van der Waals surface area contributed by atoms with Crippen LogP contribution in [0.3, 0.4) is 0 Å². The second kappa shape index (κ2) is 29.6. The third-order valence-corrected chi connectivity index (χ3v) is 13.9. The van der Waals surface area contributed by atoms with Crippen molar-refractivity contribution in [2.45, 2.75) is 182 Å². The predicted octanol–water partition coefficient (Wildman–Crippen LogP) is 11.4. The van der Waals surface area contributed by atoms with E-state index < -0.39 is 7.26 Å². The Labute approximate surface area is 219 Å². The van der Waals surface area contributed by atoms with Gasteiger partial charge in [-0.15, -0.1) is 0 Å². The van der Waals surface area contributed by atoms with Crippen LogP contribution < -0.4 is 0 Å². The Bertz CT molecular complexity index is 287. The predicted molar refractivity (Wildman–Crippen MR) is 165 cm³/mol. The summed E-state index contributed by atoms with van der Waals surface area (Å²) >= 11 is 0. The van der Waals surface area contributed by atoms with E-state index in [1.807, 2.05) is 0 Å². The van der Waals surface area contributed by atoms with Gasteiger partial charge in [0.2, 0.25) is 0 Å². The van der Waals surface area contributed by atoms with Gasteiger partial charge in [0.05, 0.1) is 0 Å².